The number of benzene rings is 5. The van der Waals surface area contributed by atoms with Crippen LogP contribution in [-0.4, -0.2) is 23.4 Å². The fourth-order valence-electron chi connectivity index (χ4n) is 5.14. The second-order valence-corrected chi connectivity index (χ2v) is 12.3. The molecule has 6 rings (SSSR count). The summed E-state index contributed by atoms with van der Waals surface area (Å²) in [6.45, 7) is 0. The van der Waals surface area contributed by atoms with E-state index in [2.05, 4.69) is 22.8 Å². The summed E-state index contributed by atoms with van der Waals surface area (Å²) < 4.78 is 0. The van der Waals surface area contributed by atoms with Gasteiger partial charge in [0.05, 0.1) is 15.8 Å². The number of rotatable bonds is 9. The SMILES string of the molecule is O=C(Nc1cccc(SCC(=O)c2ccc3c(c2)Cc2ccccc2-3)c1)/C(=C/c1cccc(Cl)c1Cl)NC(=O)c1ccccc1. The predicted molar refractivity (Wildman–Crippen MR) is 183 cm³/mol. The van der Waals surface area contributed by atoms with E-state index in [1.54, 1.807) is 66.7 Å². The van der Waals surface area contributed by atoms with Crippen molar-refractivity contribution < 1.29 is 14.4 Å². The van der Waals surface area contributed by atoms with Gasteiger partial charge in [-0.2, -0.15) is 0 Å². The second kappa shape index (κ2) is 13.6. The second-order valence-electron chi connectivity index (χ2n) is 10.4. The number of thioether (sulfide) groups is 1. The van der Waals surface area contributed by atoms with Gasteiger partial charge in [-0.15, -0.1) is 11.8 Å². The number of amides is 2. The van der Waals surface area contributed by atoms with Gasteiger partial charge in [-0.25, -0.2) is 0 Å². The molecule has 45 heavy (non-hydrogen) atoms. The molecule has 2 amide bonds. The Balaban J connectivity index is 1.15. The van der Waals surface area contributed by atoms with Crippen molar-refractivity contribution in [2.75, 3.05) is 11.1 Å². The number of hydrogen-bond donors (Lipinski definition) is 2. The van der Waals surface area contributed by atoms with E-state index in [0.29, 0.717) is 27.4 Å². The van der Waals surface area contributed by atoms with Gasteiger partial charge in [-0.3, -0.25) is 14.4 Å². The lowest BCUT2D eigenvalue weighted by Crippen LogP contribution is -2.30. The highest BCUT2D eigenvalue weighted by molar-refractivity contribution is 8.00. The number of Topliss-reactive ketones (excluding diaryl/α,β-unsaturated/α-hetero) is 1. The molecule has 2 N–H and O–H groups in total. The molecule has 0 spiro atoms. The fourth-order valence-corrected chi connectivity index (χ4v) is 6.35. The Kier molecular flexibility index (Phi) is 9.17. The number of fused-ring (bicyclic) bond motifs is 3. The zero-order valence-corrected chi connectivity index (χ0v) is 26.2. The highest BCUT2D eigenvalue weighted by Crippen LogP contribution is 2.37. The van der Waals surface area contributed by atoms with Gasteiger partial charge < -0.3 is 10.6 Å². The molecule has 0 fully saturated rings. The van der Waals surface area contributed by atoms with Crippen LogP contribution < -0.4 is 10.6 Å². The number of carbonyl (C=O) groups excluding carboxylic acids is 3. The maximum absolute atomic E-state index is 13.5. The first-order valence-corrected chi connectivity index (χ1v) is 15.9. The summed E-state index contributed by atoms with van der Waals surface area (Å²) >= 11 is 14.0. The standard InChI is InChI=1S/C37H26Cl2N2O3S/c38-32-15-6-11-26(35(32)39)20-33(41-36(43)23-8-2-1-3-9-23)37(44)40-28-12-7-13-29(21-28)45-22-34(42)25-16-17-31-27(19-25)18-24-10-4-5-14-30(24)31/h1-17,19-21H,18,22H2,(H,40,44)(H,41,43)/b33-20-. The first kappa shape index (κ1) is 30.4. The normalized spacial score (nSPS) is 11.8. The van der Waals surface area contributed by atoms with E-state index >= 15 is 0 Å². The Bertz CT molecular complexity index is 1970. The summed E-state index contributed by atoms with van der Waals surface area (Å²) in [5.41, 5.74) is 6.90. The summed E-state index contributed by atoms with van der Waals surface area (Å²) in [7, 11) is 0. The van der Waals surface area contributed by atoms with Crippen molar-refractivity contribution in [1.82, 2.24) is 5.32 Å². The lowest BCUT2D eigenvalue weighted by molar-refractivity contribution is -0.113. The van der Waals surface area contributed by atoms with Gasteiger partial charge in [0.1, 0.15) is 5.70 Å². The monoisotopic (exact) mass is 648 g/mol. The van der Waals surface area contributed by atoms with Crippen LogP contribution in [0.1, 0.15) is 37.4 Å². The van der Waals surface area contributed by atoms with E-state index in [4.69, 9.17) is 23.2 Å². The smallest absolute Gasteiger partial charge is 0.272 e. The first-order chi connectivity index (χ1) is 21.9. The van der Waals surface area contributed by atoms with Crippen LogP contribution in [0.5, 0.6) is 0 Å². The third-order valence-electron chi connectivity index (χ3n) is 7.39. The van der Waals surface area contributed by atoms with Gasteiger partial charge in [-0.05, 0) is 82.8 Å². The highest BCUT2D eigenvalue weighted by Gasteiger charge is 2.20. The largest absolute Gasteiger partial charge is 0.321 e. The van der Waals surface area contributed by atoms with Crippen molar-refractivity contribution in [2.24, 2.45) is 0 Å². The number of ketones is 1. The molecule has 5 aromatic rings. The predicted octanol–water partition coefficient (Wildman–Crippen LogP) is 8.95. The number of halogens is 2. The van der Waals surface area contributed by atoms with Crippen LogP contribution in [0.2, 0.25) is 10.0 Å². The molecule has 5 nitrogen and oxygen atoms in total. The summed E-state index contributed by atoms with van der Waals surface area (Å²) in [4.78, 5) is 40.4. The molecule has 0 bridgehead atoms. The number of hydrogen-bond acceptors (Lipinski definition) is 4. The molecule has 0 aliphatic heterocycles. The van der Waals surface area contributed by atoms with E-state index in [0.717, 1.165) is 11.3 Å². The summed E-state index contributed by atoms with van der Waals surface area (Å²) in [5, 5.41) is 6.14. The number of carbonyl (C=O) groups is 3. The quantitative estimate of drug-likeness (QED) is 0.0932. The third kappa shape index (κ3) is 7.04. The molecule has 0 saturated carbocycles. The van der Waals surface area contributed by atoms with Gasteiger partial charge in [-0.1, -0.05) is 96.0 Å². The summed E-state index contributed by atoms with van der Waals surface area (Å²) in [5.74, 6) is -0.726. The fraction of sp³-hybridized carbons (Fsp3) is 0.0541. The third-order valence-corrected chi connectivity index (χ3v) is 9.21. The molecule has 0 atom stereocenters. The lowest BCUT2D eigenvalue weighted by Gasteiger charge is -2.13. The molecule has 0 radical (unpaired) electrons. The topological polar surface area (TPSA) is 75.3 Å². The van der Waals surface area contributed by atoms with E-state index in [-0.39, 0.29) is 22.3 Å². The Morgan fingerprint density at radius 2 is 1.49 bits per heavy atom. The first-order valence-electron chi connectivity index (χ1n) is 14.2. The van der Waals surface area contributed by atoms with Crippen LogP contribution >= 0.6 is 35.0 Å². The highest BCUT2D eigenvalue weighted by atomic mass is 35.5. The number of anilines is 1. The van der Waals surface area contributed by atoms with Crippen molar-refractivity contribution in [3.63, 3.8) is 0 Å². The lowest BCUT2D eigenvalue weighted by atomic mass is 10.0. The van der Waals surface area contributed by atoms with Crippen molar-refractivity contribution in [1.29, 1.82) is 0 Å². The molecular formula is C37H26Cl2N2O3S. The average Bonchev–Trinajstić information content (AvgIpc) is 3.44. The maximum Gasteiger partial charge on any atom is 0.272 e. The van der Waals surface area contributed by atoms with E-state index in [1.807, 2.05) is 36.4 Å². The maximum atomic E-state index is 13.5. The van der Waals surface area contributed by atoms with Crippen molar-refractivity contribution >= 4 is 64.3 Å². The Morgan fingerprint density at radius 1 is 0.733 bits per heavy atom. The van der Waals surface area contributed by atoms with Crippen LogP contribution in [0, 0.1) is 0 Å². The zero-order valence-electron chi connectivity index (χ0n) is 23.9. The van der Waals surface area contributed by atoms with E-state index in [1.165, 1.54) is 40.1 Å². The molecule has 222 valence electrons. The van der Waals surface area contributed by atoms with Crippen LogP contribution in [0.25, 0.3) is 17.2 Å². The minimum absolute atomic E-state index is 0.0139. The molecule has 0 heterocycles. The van der Waals surface area contributed by atoms with Crippen LogP contribution in [-0.2, 0) is 11.2 Å². The molecule has 0 unspecified atom stereocenters. The molecule has 0 saturated heterocycles. The molecule has 0 aromatic heterocycles. The molecule has 1 aliphatic carbocycles. The van der Waals surface area contributed by atoms with E-state index in [9.17, 15) is 14.4 Å². The Morgan fingerprint density at radius 3 is 2.33 bits per heavy atom. The van der Waals surface area contributed by atoms with Crippen molar-refractivity contribution in [3.05, 3.63) is 159 Å². The zero-order chi connectivity index (χ0) is 31.3. The van der Waals surface area contributed by atoms with Gasteiger partial charge in [0.25, 0.3) is 11.8 Å². The van der Waals surface area contributed by atoms with Gasteiger partial charge in [0.2, 0.25) is 0 Å². The van der Waals surface area contributed by atoms with Crippen LogP contribution in [0.4, 0.5) is 5.69 Å². The molecular weight excluding hydrogens is 623 g/mol. The minimum atomic E-state index is -0.548. The minimum Gasteiger partial charge on any atom is -0.321 e. The molecule has 5 aromatic carbocycles. The average molecular weight is 650 g/mol. The van der Waals surface area contributed by atoms with Gasteiger partial charge in [0, 0.05) is 21.7 Å². The molecule has 8 heteroatoms. The number of nitrogens with one attached hydrogen (secondary N) is 2. The van der Waals surface area contributed by atoms with Gasteiger partial charge in [0.15, 0.2) is 5.78 Å². The molecule has 1 aliphatic rings. The van der Waals surface area contributed by atoms with Crippen LogP contribution in [0.15, 0.2) is 126 Å². The Hall–Kier alpha value is -4.62. The Labute approximate surface area is 275 Å². The van der Waals surface area contributed by atoms with Gasteiger partial charge >= 0.3 is 0 Å². The van der Waals surface area contributed by atoms with Crippen molar-refractivity contribution in [3.8, 4) is 11.1 Å². The van der Waals surface area contributed by atoms with Crippen molar-refractivity contribution in [2.45, 2.75) is 11.3 Å². The van der Waals surface area contributed by atoms with Crippen LogP contribution in [0.3, 0.4) is 0 Å². The van der Waals surface area contributed by atoms with E-state index < -0.39 is 11.8 Å². The summed E-state index contributed by atoms with van der Waals surface area (Å²) in [6.07, 6.45) is 2.31. The summed E-state index contributed by atoms with van der Waals surface area (Å²) in [6, 6.07) is 35.1.